The molecule has 0 unspecified atom stereocenters. The highest BCUT2D eigenvalue weighted by Crippen LogP contribution is 2.17. The largest absolute Gasteiger partial charge is 0.466 e. The molecule has 0 aromatic heterocycles. The number of hydrogen-bond acceptors (Lipinski definition) is 5. The fourth-order valence-electron chi connectivity index (χ4n) is 2.58. The van der Waals surface area contributed by atoms with Crippen molar-refractivity contribution in [2.45, 2.75) is 24.7 Å². The van der Waals surface area contributed by atoms with Crippen LogP contribution in [-0.4, -0.2) is 60.4 Å². The summed E-state index contributed by atoms with van der Waals surface area (Å²) in [6.07, 6.45) is 0.241. The van der Waals surface area contributed by atoms with Crippen LogP contribution >= 0.6 is 12.6 Å². The predicted octanol–water partition coefficient (Wildman–Crippen LogP) is 1.60. The van der Waals surface area contributed by atoms with Crippen LogP contribution in [-0.2, 0) is 14.3 Å². The number of nitrogens with zero attached hydrogens (tertiary/aromatic N) is 2. The van der Waals surface area contributed by atoms with E-state index in [1.807, 2.05) is 12.1 Å². The summed E-state index contributed by atoms with van der Waals surface area (Å²) in [6.45, 7) is 3.96. The summed E-state index contributed by atoms with van der Waals surface area (Å²) in [5, 5.41) is 0. The van der Waals surface area contributed by atoms with Crippen LogP contribution in [0.4, 0.5) is 0 Å². The van der Waals surface area contributed by atoms with Crippen LogP contribution in [0.15, 0.2) is 29.2 Å². The molecule has 130 valence electrons. The average Bonchev–Trinajstić information content (AvgIpc) is 2.60. The molecule has 0 spiro atoms. The fourth-order valence-corrected chi connectivity index (χ4v) is 2.84. The zero-order chi connectivity index (χ0) is 17.5. The molecule has 6 nitrogen and oxygen atoms in total. The maximum atomic E-state index is 12.5. The van der Waals surface area contributed by atoms with Gasteiger partial charge < -0.3 is 14.5 Å². The van der Waals surface area contributed by atoms with E-state index in [-0.39, 0.29) is 30.6 Å². The van der Waals surface area contributed by atoms with Gasteiger partial charge in [0.25, 0.3) is 5.91 Å². The Kier molecular flexibility index (Phi) is 6.66. The first-order valence-electron chi connectivity index (χ1n) is 8.03. The number of carbonyl (C=O) groups is 3. The van der Waals surface area contributed by atoms with Gasteiger partial charge in [0.1, 0.15) is 0 Å². The number of thiol groups is 1. The number of piperazine rings is 1. The monoisotopic (exact) mass is 350 g/mol. The van der Waals surface area contributed by atoms with Crippen molar-refractivity contribution in [3.63, 3.8) is 0 Å². The molecular weight excluding hydrogens is 328 g/mol. The fraction of sp³-hybridized carbons (Fsp3) is 0.471. The number of amides is 2. The molecule has 1 aromatic rings. The third-order valence-corrected chi connectivity index (χ3v) is 4.29. The van der Waals surface area contributed by atoms with Gasteiger partial charge in [-0.1, -0.05) is 12.1 Å². The van der Waals surface area contributed by atoms with Crippen molar-refractivity contribution in [1.29, 1.82) is 0 Å². The maximum Gasteiger partial charge on any atom is 0.306 e. The summed E-state index contributed by atoms with van der Waals surface area (Å²) < 4.78 is 4.82. The van der Waals surface area contributed by atoms with Gasteiger partial charge in [0.2, 0.25) is 5.91 Å². The molecule has 0 aliphatic carbocycles. The van der Waals surface area contributed by atoms with Gasteiger partial charge in [-0.15, -0.1) is 12.6 Å². The van der Waals surface area contributed by atoms with Gasteiger partial charge in [0, 0.05) is 37.5 Å². The molecule has 0 bridgehead atoms. The molecule has 0 N–H and O–H groups in total. The van der Waals surface area contributed by atoms with Crippen molar-refractivity contribution in [3.05, 3.63) is 29.8 Å². The first-order chi connectivity index (χ1) is 11.5. The standard InChI is InChI=1S/C17H22N2O4S/c1-2-23-16(21)8-7-15(20)18-9-11-19(12-10-18)17(22)13-5-3-4-6-14(13)24/h3-6,24H,2,7-12H2,1H3. The minimum atomic E-state index is -0.356. The highest BCUT2D eigenvalue weighted by molar-refractivity contribution is 7.80. The molecule has 24 heavy (non-hydrogen) atoms. The van der Waals surface area contributed by atoms with E-state index in [0.717, 1.165) is 0 Å². The second-order valence-electron chi connectivity index (χ2n) is 5.50. The number of ether oxygens (including phenoxy) is 1. The topological polar surface area (TPSA) is 66.9 Å². The molecule has 1 aromatic carbocycles. The first-order valence-corrected chi connectivity index (χ1v) is 8.48. The zero-order valence-corrected chi connectivity index (χ0v) is 14.6. The van der Waals surface area contributed by atoms with Crippen LogP contribution in [0, 0.1) is 0 Å². The quantitative estimate of drug-likeness (QED) is 0.647. The summed E-state index contributed by atoms with van der Waals surface area (Å²) in [5.41, 5.74) is 0.572. The number of benzene rings is 1. The summed E-state index contributed by atoms with van der Waals surface area (Å²) in [7, 11) is 0. The summed E-state index contributed by atoms with van der Waals surface area (Å²) in [4.78, 5) is 40.0. The molecule has 2 rings (SSSR count). The first kappa shape index (κ1) is 18.3. The van der Waals surface area contributed by atoms with Gasteiger partial charge in [0.05, 0.1) is 18.6 Å². The van der Waals surface area contributed by atoms with Crippen molar-refractivity contribution >= 4 is 30.4 Å². The van der Waals surface area contributed by atoms with Crippen LogP contribution in [0.5, 0.6) is 0 Å². The highest BCUT2D eigenvalue weighted by Gasteiger charge is 2.25. The third kappa shape index (κ3) is 4.74. The Morgan fingerprint density at radius 3 is 2.29 bits per heavy atom. The van der Waals surface area contributed by atoms with Crippen LogP contribution in [0.25, 0.3) is 0 Å². The van der Waals surface area contributed by atoms with Crippen LogP contribution in [0.2, 0.25) is 0 Å². The van der Waals surface area contributed by atoms with Gasteiger partial charge in [-0.3, -0.25) is 14.4 Å². The molecule has 2 amide bonds. The molecule has 0 saturated carbocycles. The second-order valence-corrected chi connectivity index (χ2v) is 5.98. The second kappa shape index (κ2) is 8.73. The molecule has 7 heteroatoms. The Labute approximate surface area is 147 Å². The van der Waals surface area contributed by atoms with Crippen molar-refractivity contribution < 1.29 is 19.1 Å². The lowest BCUT2D eigenvalue weighted by atomic mass is 10.1. The summed E-state index contributed by atoms with van der Waals surface area (Å²) in [5.74, 6) is -0.506. The molecule has 0 atom stereocenters. The molecule has 0 radical (unpaired) electrons. The molecule has 1 fully saturated rings. The SMILES string of the molecule is CCOC(=O)CCC(=O)N1CCN(C(=O)c2ccccc2S)CC1. The Balaban J connectivity index is 1.83. The normalized spacial score (nSPS) is 14.4. The predicted molar refractivity (Wildman–Crippen MR) is 92.0 cm³/mol. The number of esters is 1. The van der Waals surface area contributed by atoms with E-state index in [4.69, 9.17) is 4.74 Å². The number of hydrogen-bond donors (Lipinski definition) is 1. The number of rotatable bonds is 5. The van der Waals surface area contributed by atoms with Crippen LogP contribution in [0.3, 0.4) is 0 Å². The molecule has 1 saturated heterocycles. The lowest BCUT2D eigenvalue weighted by Crippen LogP contribution is -2.50. The van der Waals surface area contributed by atoms with Gasteiger partial charge in [-0.05, 0) is 19.1 Å². The minimum absolute atomic E-state index is 0.0702. The Morgan fingerprint density at radius 2 is 1.67 bits per heavy atom. The van der Waals surface area contributed by atoms with E-state index in [1.54, 1.807) is 28.9 Å². The molecular formula is C17H22N2O4S. The van der Waals surface area contributed by atoms with Crippen molar-refractivity contribution in [1.82, 2.24) is 9.80 Å². The van der Waals surface area contributed by atoms with Crippen LogP contribution < -0.4 is 0 Å². The van der Waals surface area contributed by atoms with Gasteiger partial charge >= 0.3 is 5.97 Å². The molecule has 1 aliphatic heterocycles. The van der Waals surface area contributed by atoms with E-state index in [2.05, 4.69) is 12.6 Å². The maximum absolute atomic E-state index is 12.5. The number of carbonyl (C=O) groups excluding carboxylic acids is 3. The highest BCUT2D eigenvalue weighted by atomic mass is 32.1. The smallest absolute Gasteiger partial charge is 0.306 e. The Bertz CT molecular complexity index is 612. The van der Waals surface area contributed by atoms with Crippen molar-refractivity contribution in [2.75, 3.05) is 32.8 Å². The van der Waals surface area contributed by atoms with E-state index >= 15 is 0 Å². The average molecular weight is 350 g/mol. The van der Waals surface area contributed by atoms with E-state index < -0.39 is 0 Å². The van der Waals surface area contributed by atoms with E-state index in [9.17, 15) is 14.4 Å². The van der Waals surface area contributed by atoms with E-state index in [0.29, 0.717) is 43.2 Å². The van der Waals surface area contributed by atoms with Crippen molar-refractivity contribution in [2.24, 2.45) is 0 Å². The van der Waals surface area contributed by atoms with Gasteiger partial charge in [-0.2, -0.15) is 0 Å². The van der Waals surface area contributed by atoms with Crippen LogP contribution in [0.1, 0.15) is 30.1 Å². The summed E-state index contributed by atoms with van der Waals surface area (Å²) >= 11 is 4.32. The lowest BCUT2D eigenvalue weighted by Gasteiger charge is -2.35. The van der Waals surface area contributed by atoms with E-state index in [1.165, 1.54) is 0 Å². The minimum Gasteiger partial charge on any atom is -0.466 e. The van der Waals surface area contributed by atoms with Gasteiger partial charge in [-0.25, -0.2) is 0 Å². The van der Waals surface area contributed by atoms with Crippen molar-refractivity contribution in [3.8, 4) is 0 Å². The molecule has 1 aliphatic rings. The molecule has 1 heterocycles. The lowest BCUT2D eigenvalue weighted by molar-refractivity contribution is -0.146. The third-order valence-electron chi connectivity index (χ3n) is 3.90. The zero-order valence-electron chi connectivity index (χ0n) is 13.7. The summed E-state index contributed by atoms with van der Waals surface area (Å²) in [6, 6.07) is 7.18. The van der Waals surface area contributed by atoms with Gasteiger partial charge in [0.15, 0.2) is 0 Å². The Hall–Kier alpha value is -2.02. The Morgan fingerprint density at radius 1 is 1.04 bits per heavy atom.